The molecule has 0 atom stereocenters. The molecule has 0 spiro atoms. The number of hydrogen-bond donors (Lipinski definition) is 0. The van der Waals surface area contributed by atoms with Gasteiger partial charge in [0, 0.05) is 0 Å². The molecule has 0 aliphatic carbocycles. The smallest absolute Gasteiger partial charge is 0.121 e. The van der Waals surface area contributed by atoms with Crippen LogP contribution in [0.4, 0.5) is 0 Å². The van der Waals surface area contributed by atoms with Crippen LogP contribution in [0.25, 0.3) is 0 Å². The van der Waals surface area contributed by atoms with Gasteiger partial charge in [-0.25, -0.2) is 0 Å². The Hall–Kier alpha value is 0.307. The van der Waals surface area contributed by atoms with Crippen molar-refractivity contribution < 1.29 is 0 Å². The van der Waals surface area contributed by atoms with Crippen LogP contribution in [0.1, 0.15) is 0 Å². The first kappa shape index (κ1) is 8.40. The van der Waals surface area contributed by atoms with E-state index in [9.17, 15) is 0 Å². The van der Waals surface area contributed by atoms with E-state index < -0.39 is 6.00 Å². The van der Waals surface area contributed by atoms with Gasteiger partial charge in [0.05, 0.1) is 0 Å². The van der Waals surface area contributed by atoms with Crippen LogP contribution >= 0.6 is 33.2 Å². The monoisotopic (exact) mass is 209 g/mol. The molecule has 1 radical (unpaired) electrons. The van der Waals surface area contributed by atoms with Crippen molar-refractivity contribution in [3.63, 3.8) is 0 Å². The molecule has 4 heteroatoms. The van der Waals surface area contributed by atoms with Gasteiger partial charge in [0.25, 0.3) is 0 Å². The first-order chi connectivity index (χ1) is 4.61. The van der Waals surface area contributed by atoms with E-state index in [0.29, 0.717) is 0 Å². The molecular weight excluding hydrogens is 207 g/mol. The Morgan fingerprint density at radius 1 is 1.30 bits per heavy atom. The lowest BCUT2D eigenvalue weighted by Crippen LogP contribution is -2.29. The molecule has 0 unspecified atom stereocenters. The third kappa shape index (κ3) is 2.17. The maximum absolute atomic E-state index is 5.71. The van der Waals surface area contributed by atoms with E-state index in [4.69, 9.17) is 33.2 Å². The Balaban J connectivity index is 2.97. The molecule has 0 aliphatic rings. The predicted octanol–water partition coefficient (Wildman–Crippen LogP) is 2.35. The van der Waals surface area contributed by atoms with Gasteiger partial charge in [-0.1, -0.05) is 24.3 Å². The van der Waals surface area contributed by atoms with Crippen LogP contribution < -0.4 is 5.19 Å². The molecule has 0 aliphatic heterocycles. The lowest BCUT2D eigenvalue weighted by molar-refractivity contribution is 1.75. The molecule has 0 aromatic heterocycles. The Morgan fingerprint density at radius 2 is 2.00 bits per heavy atom. The third-order valence-corrected chi connectivity index (χ3v) is 3.96. The van der Waals surface area contributed by atoms with Crippen molar-refractivity contribution in [3.8, 4) is 0 Å². The third-order valence-electron chi connectivity index (χ3n) is 1.03. The topological polar surface area (TPSA) is 0 Å². The highest BCUT2D eigenvalue weighted by molar-refractivity contribution is 7.69. The Labute approximate surface area is 74.8 Å². The van der Waals surface area contributed by atoms with E-state index in [-0.39, 0.29) is 0 Å². The summed E-state index contributed by atoms with van der Waals surface area (Å²) in [6.45, 7) is 0. The minimum atomic E-state index is -2.65. The van der Waals surface area contributed by atoms with Crippen molar-refractivity contribution >= 4 is 44.4 Å². The molecule has 1 aromatic rings. The van der Waals surface area contributed by atoms with Crippen LogP contribution in [0, 0.1) is 6.07 Å². The zero-order chi connectivity index (χ0) is 7.61. The minimum absolute atomic E-state index is 0.778. The van der Waals surface area contributed by atoms with Crippen molar-refractivity contribution in [2.45, 2.75) is 0 Å². The number of hydrogen-bond acceptors (Lipinski definition) is 0. The second-order valence-corrected chi connectivity index (χ2v) is 10.2. The highest BCUT2D eigenvalue weighted by atomic mass is 35.8. The van der Waals surface area contributed by atoms with Gasteiger partial charge in [-0.05, 0) is 11.3 Å². The SMILES string of the molecule is Cl[Si](Cl)(Cl)c1c[c]ccc1. The summed E-state index contributed by atoms with van der Waals surface area (Å²) >= 11 is 17.1. The molecule has 53 valence electrons. The molecule has 0 heterocycles. The fraction of sp³-hybridized carbons (Fsp3) is 0. The maximum Gasteiger partial charge on any atom is 0.372 e. The van der Waals surface area contributed by atoms with E-state index in [0.717, 1.165) is 5.19 Å². The molecule has 0 fully saturated rings. The molecule has 10 heavy (non-hydrogen) atoms. The molecule has 1 rings (SSSR count). The van der Waals surface area contributed by atoms with Crippen LogP contribution in [0.15, 0.2) is 24.3 Å². The molecule has 0 amide bonds. The van der Waals surface area contributed by atoms with E-state index >= 15 is 0 Å². The van der Waals surface area contributed by atoms with Crippen LogP contribution in [-0.4, -0.2) is 6.00 Å². The van der Waals surface area contributed by atoms with E-state index in [2.05, 4.69) is 6.07 Å². The summed E-state index contributed by atoms with van der Waals surface area (Å²) < 4.78 is 0. The van der Waals surface area contributed by atoms with Gasteiger partial charge in [-0.3, -0.25) is 0 Å². The summed E-state index contributed by atoms with van der Waals surface area (Å²) in [6, 6.07) is 7.29. The average molecular weight is 211 g/mol. The summed E-state index contributed by atoms with van der Waals surface area (Å²) in [5, 5.41) is 0.778. The van der Waals surface area contributed by atoms with Crippen LogP contribution in [0.5, 0.6) is 0 Å². The largest absolute Gasteiger partial charge is 0.372 e. The summed E-state index contributed by atoms with van der Waals surface area (Å²) in [7, 11) is 0. The number of halogens is 3. The van der Waals surface area contributed by atoms with Gasteiger partial charge in [-0.15, -0.1) is 33.2 Å². The molecule has 0 N–H and O–H groups in total. The molecule has 0 saturated heterocycles. The molecule has 1 aromatic carbocycles. The van der Waals surface area contributed by atoms with Crippen molar-refractivity contribution in [1.29, 1.82) is 0 Å². The van der Waals surface area contributed by atoms with Gasteiger partial charge in [0.15, 0.2) is 0 Å². The van der Waals surface area contributed by atoms with Gasteiger partial charge < -0.3 is 0 Å². The fourth-order valence-electron chi connectivity index (χ4n) is 0.570. The van der Waals surface area contributed by atoms with E-state index in [1.54, 1.807) is 18.2 Å². The Bertz CT molecular complexity index is 204. The Kier molecular flexibility index (Phi) is 2.64. The van der Waals surface area contributed by atoms with Crippen molar-refractivity contribution in [2.75, 3.05) is 0 Å². The zero-order valence-electron chi connectivity index (χ0n) is 4.94. The highest BCUT2D eigenvalue weighted by Crippen LogP contribution is 2.18. The maximum atomic E-state index is 5.71. The quantitative estimate of drug-likeness (QED) is 0.493. The standard InChI is InChI=1S/C6H4Cl3Si/c7-10(8,9)6-4-2-1-3-5-6/h1-2,4-5H. The predicted molar refractivity (Wildman–Crippen MR) is 48.2 cm³/mol. The molecular formula is C6H4Cl3Si. The summed E-state index contributed by atoms with van der Waals surface area (Å²) in [5.74, 6) is 0. The molecule has 0 bridgehead atoms. The van der Waals surface area contributed by atoms with Crippen LogP contribution in [0.3, 0.4) is 0 Å². The lowest BCUT2D eigenvalue weighted by Gasteiger charge is -2.05. The second kappa shape index (κ2) is 3.14. The fourth-order valence-corrected chi connectivity index (χ4v) is 2.16. The van der Waals surface area contributed by atoms with E-state index in [1.807, 2.05) is 6.07 Å². The van der Waals surface area contributed by atoms with Crippen molar-refractivity contribution in [2.24, 2.45) is 0 Å². The van der Waals surface area contributed by atoms with E-state index in [1.165, 1.54) is 0 Å². The number of rotatable bonds is 1. The van der Waals surface area contributed by atoms with Crippen LogP contribution in [-0.2, 0) is 0 Å². The summed E-state index contributed by atoms with van der Waals surface area (Å²) in [5.41, 5.74) is 0. The van der Waals surface area contributed by atoms with Crippen molar-refractivity contribution in [3.05, 3.63) is 30.3 Å². The molecule has 0 saturated carbocycles. The second-order valence-electron chi connectivity index (χ2n) is 1.79. The first-order valence-electron chi connectivity index (χ1n) is 2.64. The minimum Gasteiger partial charge on any atom is -0.121 e. The van der Waals surface area contributed by atoms with Gasteiger partial charge in [-0.2, -0.15) is 0 Å². The molecule has 0 nitrogen and oxygen atoms in total. The van der Waals surface area contributed by atoms with Gasteiger partial charge in [0.1, 0.15) is 0 Å². The van der Waals surface area contributed by atoms with Crippen molar-refractivity contribution in [1.82, 2.24) is 0 Å². The zero-order valence-corrected chi connectivity index (χ0v) is 8.21. The van der Waals surface area contributed by atoms with Gasteiger partial charge in [0.2, 0.25) is 0 Å². The summed E-state index contributed by atoms with van der Waals surface area (Å²) in [4.78, 5) is 0. The normalized spacial score (nSPS) is 11.5. The Morgan fingerprint density at radius 3 is 2.30 bits per heavy atom. The highest BCUT2D eigenvalue weighted by Gasteiger charge is 2.27. The number of benzene rings is 1. The summed E-state index contributed by atoms with van der Waals surface area (Å²) in [6.07, 6.45) is 0. The van der Waals surface area contributed by atoms with Gasteiger partial charge >= 0.3 is 6.00 Å². The first-order valence-corrected chi connectivity index (χ1v) is 7.67. The lowest BCUT2D eigenvalue weighted by atomic mass is 10.4. The van der Waals surface area contributed by atoms with Crippen LogP contribution in [0.2, 0.25) is 0 Å². The average Bonchev–Trinajstić information content (AvgIpc) is 1.88.